The van der Waals surface area contributed by atoms with Gasteiger partial charge in [-0.05, 0) is 57.6 Å². The molecule has 0 aromatic carbocycles. The Morgan fingerprint density at radius 2 is 2.03 bits per heavy atom. The lowest BCUT2D eigenvalue weighted by atomic mass is 9.87. The van der Waals surface area contributed by atoms with Crippen LogP contribution in [-0.2, 0) is 14.3 Å². The Kier molecular flexibility index (Phi) is 6.57. The number of nitrogens with zero attached hydrogens (tertiary/aromatic N) is 3. The van der Waals surface area contributed by atoms with Crippen molar-refractivity contribution in [2.45, 2.75) is 77.5 Å². The largest absolute Gasteiger partial charge is 0.481 e. The zero-order valence-electron chi connectivity index (χ0n) is 19.3. The number of carbonyl (C=O) groups is 3. The molecule has 0 spiro atoms. The number of rotatable bonds is 6. The Bertz CT molecular complexity index is 905. The minimum Gasteiger partial charge on any atom is -0.481 e. The van der Waals surface area contributed by atoms with Crippen LogP contribution in [0.3, 0.4) is 0 Å². The molecule has 0 bridgehead atoms. The molecule has 1 aromatic rings. The number of ether oxygens (including phenoxy) is 1. The van der Waals surface area contributed by atoms with Crippen LogP contribution in [0.4, 0.5) is 4.79 Å². The van der Waals surface area contributed by atoms with E-state index in [0.717, 1.165) is 0 Å². The fraction of sp³-hybridized carbons (Fsp3) is 0.609. The topological polar surface area (TPSA) is 121 Å². The molecule has 3 unspecified atom stereocenters. The van der Waals surface area contributed by atoms with Crippen LogP contribution in [0.25, 0.3) is 0 Å². The molecule has 3 atom stereocenters. The van der Waals surface area contributed by atoms with Gasteiger partial charge in [-0.2, -0.15) is 0 Å². The monoisotopic (exact) mass is 444 g/mol. The Hall–Kier alpha value is -2.97. The highest BCUT2D eigenvalue weighted by Crippen LogP contribution is 2.51. The average molecular weight is 445 g/mol. The molecule has 2 N–H and O–H groups in total. The summed E-state index contributed by atoms with van der Waals surface area (Å²) in [4.78, 5) is 48.2. The van der Waals surface area contributed by atoms with Gasteiger partial charge in [0.25, 0.3) is 0 Å². The van der Waals surface area contributed by atoms with Gasteiger partial charge in [-0.25, -0.2) is 9.79 Å². The van der Waals surface area contributed by atoms with Gasteiger partial charge in [0, 0.05) is 12.4 Å². The molecular formula is C23H32N4O5. The van der Waals surface area contributed by atoms with Crippen LogP contribution < -0.4 is 5.32 Å². The second kappa shape index (κ2) is 8.88. The number of carboxylic acids is 1. The lowest BCUT2D eigenvalue weighted by molar-refractivity contribution is -0.140. The number of guanidine groups is 1. The van der Waals surface area contributed by atoms with Crippen molar-refractivity contribution in [3.8, 4) is 0 Å². The highest BCUT2D eigenvalue weighted by atomic mass is 16.6. The van der Waals surface area contributed by atoms with Gasteiger partial charge in [0.05, 0.1) is 23.9 Å². The van der Waals surface area contributed by atoms with Crippen LogP contribution in [0, 0.1) is 11.8 Å². The third-order valence-electron chi connectivity index (χ3n) is 6.12. The molecule has 9 heteroatoms. The Morgan fingerprint density at radius 3 is 2.53 bits per heavy atom. The maximum atomic E-state index is 13.5. The molecule has 0 radical (unpaired) electrons. The number of alkyl carbamates (subject to hydrolysis) is 1. The minimum atomic E-state index is -0.900. The van der Waals surface area contributed by atoms with E-state index in [2.05, 4.69) is 10.3 Å². The summed E-state index contributed by atoms with van der Waals surface area (Å²) in [5, 5.41) is 12.2. The number of hydrogen-bond acceptors (Lipinski definition) is 6. The summed E-state index contributed by atoms with van der Waals surface area (Å²) in [6, 6.07) is 2.96. The van der Waals surface area contributed by atoms with Crippen molar-refractivity contribution in [1.29, 1.82) is 0 Å². The molecule has 2 heterocycles. The molecule has 2 aliphatic rings. The third kappa shape index (κ3) is 5.08. The number of amides is 2. The first-order valence-electron chi connectivity index (χ1n) is 11.0. The lowest BCUT2D eigenvalue weighted by Crippen LogP contribution is -2.56. The number of nitrogens with one attached hydrogen (secondary N) is 1. The summed E-state index contributed by atoms with van der Waals surface area (Å²) in [5.74, 6) is -1.88. The van der Waals surface area contributed by atoms with Gasteiger partial charge >= 0.3 is 12.1 Å². The Morgan fingerprint density at radius 1 is 1.34 bits per heavy atom. The number of aliphatic carboxylic acids is 1. The van der Waals surface area contributed by atoms with Gasteiger partial charge in [-0.1, -0.05) is 19.9 Å². The number of hydrogen-bond donors (Lipinski definition) is 2. The van der Waals surface area contributed by atoms with E-state index in [4.69, 9.17) is 9.73 Å². The van der Waals surface area contributed by atoms with Crippen molar-refractivity contribution >= 4 is 23.9 Å². The normalized spacial score (nSPS) is 23.2. The van der Waals surface area contributed by atoms with Gasteiger partial charge in [0.1, 0.15) is 5.60 Å². The second-order valence-electron chi connectivity index (χ2n) is 9.51. The zero-order chi connectivity index (χ0) is 23.7. The predicted molar refractivity (Wildman–Crippen MR) is 118 cm³/mol. The predicted octanol–water partition coefficient (Wildman–Crippen LogP) is 3.52. The summed E-state index contributed by atoms with van der Waals surface area (Å²) >= 11 is 0. The highest BCUT2D eigenvalue weighted by Gasteiger charge is 2.54. The van der Waals surface area contributed by atoms with E-state index in [1.165, 1.54) is 4.90 Å². The van der Waals surface area contributed by atoms with Gasteiger partial charge in [0.2, 0.25) is 11.9 Å². The average Bonchev–Trinajstić information content (AvgIpc) is 3.50. The van der Waals surface area contributed by atoms with Crippen molar-refractivity contribution in [2.75, 3.05) is 0 Å². The van der Waals surface area contributed by atoms with Gasteiger partial charge in [-0.3, -0.25) is 24.8 Å². The number of carboxylic acid groups (broad SMARTS) is 1. The van der Waals surface area contributed by atoms with E-state index in [1.54, 1.807) is 39.2 Å². The van der Waals surface area contributed by atoms with Crippen LogP contribution in [0.2, 0.25) is 0 Å². The van der Waals surface area contributed by atoms with E-state index in [9.17, 15) is 19.5 Å². The van der Waals surface area contributed by atoms with Gasteiger partial charge in [-0.15, -0.1) is 0 Å². The minimum absolute atomic E-state index is 0.101. The first kappa shape index (κ1) is 23.7. The summed E-state index contributed by atoms with van der Waals surface area (Å²) in [7, 11) is 0. The van der Waals surface area contributed by atoms with Crippen LogP contribution >= 0.6 is 0 Å². The van der Waals surface area contributed by atoms with E-state index < -0.39 is 35.2 Å². The Balaban J connectivity index is 2.05. The maximum Gasteiger partial charge on any atom is 0.414 e. The standard InChI is InChI=1S/C23H32N4O5/c1-6-23(7-2)12-17(28)27(20(26-23)25-21(31)32-22(3,4)5)18(14-9-8-10-24-13-14)15-11-16(15)19(29)30/h8-10,13,15-16,18H,6-7,11-12H2,1-5H3,(H,29,30)(H,25,26,31). The number of pyridine rings is 1. The van der Waals surface area contributed by atoms with Crippen molar-refractivity contribution in [2.24, 2.45) is 16.8 Å². The molecule has 174 valence electrons. The summed E-state index contributed by atoms with van der Waals surface area (Å²) in [6.07, 6.45) is 4.40. The molecule has 1 aliphatic carbocycles. The molecule has 1 aliphatic heterocycles. The number of carbonyl (C=O) groups excluding carboxylic acids is 2. The van der Waals surface area contributed by atoms with Crippen LogP contribution in [-0.4, -0.2) is 50.1 Å². The molecule has 9 nitrogen and oxygen atoms in total. The first-order chi connectivity index (χ1) is 15.0. The zero-order valence-corrected chi connectivity index (χ0v) is 19.3. The molecule has 1 fully saturated rings. The molecule has 2 amide bonds. The van der Waals surface area contributed by atoms with Crippen LogP contribution in [0.15, 0.2) is 29.5 Å². The Labute approximate surface area is 188 Å². The summed E-state index contributed by atoms with van der Waals surface area (Å²) in [6.45, 7) is 9.17. The summed E-state index contributed by atoms with van der Waals surface area (Å²) in [5.41, 5.74) is -0.657. The van der Waals surface area contributed by atoms with E-state index in [-0.39, 0.29) is 24.2 Å². The smallest absolute Gasteiger partial charge is 0.414 e. The molecular weight excluding hydrogens is 412 g/mol. The second-order valence-corrected chi connectivity index (χ2v) is 9.51. The molecule has 3 rings (SSSR count). The fourth-order valence-corrected chi connectivity index (χ4v) is 4.22. The molecule has 1 saturated carbocycles. The molecule has 0 saturated heterocycles. The summed E-state index contributed by atoms with van der Waals surface area (Å²) < 4.78 is 5.41. The highest BCUT2D eigenvalue weighted by molar-refractivity contribution is 6.05. The van der Waals surface area contributed by atoms with Gasteiger partial charge < -0.3 is 9.84 Å². The van der Waals surface area contributed by atoms with Gasteiger partial charge in [0.15, 0.2) is 0 Å². The van der Waals surface area contributed by atoms with E-state index in [1.807, 2.05) is 19.9 Å². The maximum absolute atomic E-state index is 13.5. The van der Waals surface area contributed by atoms with E-state index >= 15 is 0 Å². The quantitative estimate of drug-likeness (QED) is 0.692. The lowest BCUT2D eigenvalue weighted by Gasteiger charge is -2.41. The fourth-order valence-electron chi connectivity index (χ4n) is 4.22. The third-order valence-corrected chi connectivity index (χ3v) is 6.12. The van der Waals surface area contributed by atoms with Crippen LogP contribution in [0.1, 0.15) is 71.9 Å². The molecule has 1 aromatic heterocycles. The van der Waals surface area contributed by atoms with Crippen molar-refractivity contribution in [3.05, 3.63) is 30.1 Å². The number of aromatic nitrogens is 1. The first-order valence-corrected chi connectivity index (χ1v) is 11.0. The van der Waals surface area contributed by atoms with Crippen molar-refractivity contribution < 1.29 is 24.2 Å². The SMILES string of the molecule is CCC1(CC)CC(=O)N(C(c2cccnc2)C2CC2C(=O)O)C(NC(=O)OC(C)(C)C)=N1. The number of aliphatic imine (C=N–C) groups is 1. The van der Waals surface area contributed by atoms with Crippen molar-refractivity contribution in [1.82, 2.24) is 15.2 Å². The van der Waals surface area contributed by atoms with Crippen LogP contribution in [0.5, 0.6) is 0 Å². The van der Waals surface area contributed by atoms with Crippen molar-refractivity contribution in [3.63, 3.8) is 0 Å². The van der Waals surface area contributed by atoms with E-state index in [0.29, 0.717) is 24.8 Å². The molecule has 32 heavy (non-hydrogen) atoms.